The molecule has 38 heavy (non-hydrogen) atoms. The van der Waals surface area contributed by atoms with Gasteiger partial charge in [-0.2, -0.15) is 0 Å². The standard InChI is InChI=1S/C30H35ClN4O3/c31-21-7-8-22-24(17-21)35(16-14-33-11-5-2-6-12-33)30(36)28-23-18-26-27(38-20-37-26)19-25(23)34(29(22)28)15-13-32-9-3-1-4-10-32/h7-8,17-19H,1-6,9-16,20H2. The first-order chi connectivity index (χ1) is 18.7. The van der Waals surface area contributed by atoms with E-state index in [9.17, 15) is 4.79 Å². The van der Waals surface area contributed by atoms with E-state index in [4.69, 9.17) is 21.1 Å². The van der Waals surface area contributed by atoms with E-state index in [0.717, 1.165) is 84.3 Å². The van der Waals surface area contributed by atoms with Gasteiger partial charge in [-0.3, -0.25) is 4.79 Å². The van der Waals surface area contributed by atoms with Gasteiger partial charge in [0.2, 0.25) is 6.79 Å². The minimum atomic E-state index is 0.0485. The van der Waals surface area contributed by atoms with E-state index in [1.54, 1.807) is 0 Å². The van der Waals surface area contributed by atoms with Crippen LogP contribution in [0, 0.1) is 0 Å². The molecule has 200 valence electrons. The zero-order chi connectivity index (χ0) is 25.6. The van der Waals surface area contributed by atoms with E-state index in [2.05, 4.69) is 26.5 Å². The summed E-state index contributed by atoms with van der Waals surface area (Å²) in [6, 6.07) is 10.1. The van der Waals surface area contributed by atoms with Gasteiger partial charge in [-0.05, 0) is 76.1 Å². The Hall–Kier alpha value is -2.74. The van der Waals surface area contributed by atoms with E-state index >= 15 is 0 Å². The SMILES string of the molecule is O=c1c2c3cc4c(cc3n(CCN3CCCCC3)c2c2ccc(Cl)cc2n1CCN1CCCCC1)OCO4. The fourth-order valence-electron chi connectivity index (χ4n) is 6.71. The van der Waals surface area contributed by atoms with Crippen LogP contribution in [0.2, 0.25) is 5.02 Å². The van der Waals surface area contributed by atoms with Crippen molar-refractivity contribution in [3.63, 3.8) is 0 Å². The summed E-state index contributed by atoms with van der Waals surface area (Å²) in [7, 11) is 0. The lowest BCUT2D eigenvalue weighted by Crippen LogP contribution is -2.35. The molecule has 0 bridgehead atoms. The van der Waals surface area contributed by atoms with Gasteiger partial charge in [-0.25, -0.2) is 0 Å². The third-order valence-corrected chi connectivity index (χ3v) is 8.93. The maximum Gasteiger partial charge on any atom is 0.261 e. The van der Waals surface area contributed by atoms with E-state index in [-0.39, 0.29) is 12.4 Å². The Morgan fingerprint density at radius 1 is 0.684 bits per heavy atom. The van der Waals surface area contributed by atoms with Crippen molar-refractivity contribution in [3.8, 4) is 11.5 Å². The molecule has 0 amide bonds. The van der Waals surface area contributed by atoms with Crippen LogP contribution in [0.1, 0.15) is 38.5 Å². The van der Waals surface area contributed by atoms with Gasteiger partial charge in [0.15, 0.2) is 11.5 Å². The lowest BCUT2D eigenvalue weighted by Gasteiger charge is -2.27. The first-order valence-electron chi connectivity index (χ1n) is 14.2. The summed E-state index contributed by atoms with van der Waals surface area (Å²) in [6.45, 7) is 8.00. The Morgan fingerprint density at radius 3 is 1.97 bits per heavy atom. The number of nitrogens with zero attached hydrogens (tertiary/aromatic N) is 4. The Kier molecular flexibility index (Phi) is 6.46. The van der Waals surface area contributed by atoms with Gasteiger partial charge in [0.05, 0.1) is 21.9 Å². The largest absolute Gasteiger partial charge is 0.454 e. The molecule has 3 aliphatic heterocycles. The number of hydrogen-bond acceptors (Lipinski definition) is 5. The third kappa shape index (κ3) is 4.25. The molecule has 5 heterocycles. The van der Waals surface area contributed by atoms with Crippen LogP contribution in [0.25, 0.3) is 32.7 Å². The van der Waals surface area contributed by atoms with Gasteiger partial charge in [0.1, 0.15) is 0 Å². The molecule has 4 aromatic rings. The van der Waals surface area contributed by atoms with Crippen molar-refractivity contribution < 1.29 is 9.47 Å². The van der Waals surface area contributed by atoms with Crippen LogP contribution in [0.4, 0.5) is 0 Å². The first kappa shape index (κ1) is 24.3. The number of pyridine rings is 1. The molecule has 2 aromatic carbocycles. The number of rotatable bonds is 6. The van der Waals surface area contributed by atoms with Crippen LogP contribution in [0.5, 0.6) is 11.5 Å². The van der Waals surface area contributed by atoms with E-state index in [1.165, 1.54) is 38.5 Å². The average molecular weight is 535 g/mol. The molecular weight excluding hydrogens is 500 g/mol. The van der Waals surface area contributed by atoms with Crippen molar-refractivity contribution in [2.45, 2.75) is 51.6 Å². The molecular formula is C30H35ClN4O3. The topological polar surface area (TPSA) is 51.9 Å². The molecule has 7 rings (SSSR count). The highest BCUT2D eigenvalue weighted by atomic mass is 35.5. The average Bonchev–Trinajstić information content (AvgIpc) is 3.53. The molecule has 0 radical (unpaired) electrons. The highest BCUT2D eigenvalue weighted by Crippen LogP contribution is 2.41. The second-order valence-corrected chi connectivity index (χ2v) is 11.5. The summed E-state index contributed by atoms with van der Waals surface area (Å²) >= 11 is 6.52. The van der Waals surface area contributed by atoms with Crippen LogP contribution in [0.15, 0.2) is 35.1 Å². The summed E-state index contributed by atoms with van der Waals surface area (Å²) in [5.74, 6) is 1.46. The summed E-state index contributed by atoms with van der Waals surface area (Å²) in [5, 5.41) is 3.43. The molecule has 0 aliphatic carbocycles. The van der Waals surface area contributed by atoms with Crippen LogP contribution >= 0.6 is 11.6 Å². The number of piperidine rings is 2. The van der Waals surface area contributed by atoms with E-state index in [1.807, 2.05) is 22.8 Å². The molecule has 3 aliphatic rings. The molecule has 2 saturated heterocycles. The number of aromatic nitrogens is 2. The normalized spacial score (nSPS) is 18.8. The number of benzene rings is 2. The van der Waals surface area contributed by atoms with Crippen LogP contribution in [-0.2, 0) is 13.1 Å². The molecule has 2 fully saturated rings. The number of fused-ring (bicyclic) bond motifs is 6. The number of hydrogen-bond donors (Lipinski definition) is 0. The smallest absolute Gasteiger partial charge is 0.261 e. The Bertz CT molecular complexity index is 1560. The predicted molar refractivity (Wildman–Crippen MR) is 153 cm³/mol. The van der Waals surface area contributed by atoms with Crippen molar-refractivity contribution in [2.75, 3.05) is 46.1 Å². The summed E-state index contributed by atoms with van der Waals surface area (Å²) in [6.07, 6.45) is 7.60. The second-order valence-electron chi connectivity index (χ2n) is 11.0. The fraction of sp³-hybridized carbons (Fsp3) is 0.500. The van der Waals surface area contributed by atoms with Crippen LogP contribution in [0.3, 0.4) is 0 Å². The molecule has 0 N–H and O–H groups in total. The molecule has 0 unspecified atom stereocenters. The maximum atomic E-state index is 14.4. The third-order valence-electron chi connectivity index (χ3n) is 8.70. The van der Waals surface area contributed by atoms with Gasteiger partial charge in [-0.15, -0.1) is 0 Å². The van der Waals surface area contributed by atoms with Gasteiger partial charge >= 0.3 is 0 Å². The molecule has 0 spiro atoms. The summed E-state index contributed by atoms with van der Waals surface area (Å²) in [4.78, 5) is 19.4. The van der Waals surface area contributed by atoms with Crippen LogP contribution in [-0.4, -0.2) is 65.0 Å². The van der Waals surface area contributed by atoms with E-state index in [0.29, 0.717) is 17.3 Å². The van der Waals surface area contributed by atoms with Crippen LogP contribution < -0.4 is 15.0 Å². The van der Waals surface area contributed by atoms with Crippen molar-refractivity contribution in [3.05, 3.63) is 45.7 Å². The Balaban J connectivity index is 1.42. The number of likely N-dealkylation sites (tertiary alicyclic amines) is 2. The van der Waals surface area contributed by atoms with E-state index < -0.39 is 0 Å². The maximum absolute atomic E-state index is 14.4. The van der Waals surface area contributed by atoms with Gasteiger partial charge in [0, 0.05) is 48.0 Å². The summed E-state index contributed by atoms with van der Waals surface area (Å²) < 4.78 is 15.8. The van der Waals surface area contributed by atoms with Crippen molar-refractivity contribution in [2.24, 2.45) is 0 Å². The van der Waals surface area contributed by atoms with Crippen molar-refractivity contribution in [1.82, 2.24) is 18.9 Å². The number of ether oxygens (including phenoxy) is 2. The molecule has 8 heteroatoms. The first-order valence-corrected chi connectivity index (χ1v) is 14.6. The van der Waals surface area contributed by atoms with Gasteiger partial charge in [-0.1, -0.05) is 24.4 Å². The number of halogens is 1. The summed E-state index contributed by atoms with van der Waals surface area (Å²) in [5.41, 5.74) is 2.98. The molecule has 7 nitrogen and oxygen atoms in total. The zero-order valence-corrected chi connectivity index (χ0v) is 22.6. The lowest BCUT2D eigenvalue weighted by atomic mass is 10.1. The quantitative estimate of drug-likeness (QED) is 0.328. The van der Waals surface area contributed by atoms with Gasteiger partial charge in [0.25, 0.3) is 5.56 Å². The molecule has 0 atom stereocenters. The minimum Gasteiger partial charge on any atom is -0.454 e. The van der Waals surface area contributed by atoms with Gasteiger partial charge < -0.3 is 28.4 Å². The second kappa shape index (κ2) is 10.1. The van der Waals surface area contributed by atoms with Crippen molar-refractivity contribution >= 4 is 44.3 Å². The minimum absolute atomic E-state index is 0.0485. The predicted octanol–water partition coefficient (Wildman–Crippen LogP) is 5.46. The molecule has 2 aromatic heterocycles. The monoisotopic (exact) mass is 534 g/mol. The lowest BCUT2D eigenvalue weighted by molar-refractivity contribution is 0.174. The highest BCUT2D eigenvalue weighted by molar-refractivity contribution is 6.31. The fourth-order valence-corrected chi connectivity index (χ4v) is 6.88. The molecule has 0 saturated carbocycles. The Labute approximate surface area is 227 Å². The zero-order valence-electron chi connectivity index (χ0n) is 21.9. The highest BCUT2D eigenvalue weighted by Gasteiger charge is 2.25. The van der Waals surface area contributed by atoms with Crippen molar-refractivity contribution in [1.29, 1.82) is 0 Å². The Morgan fingerprint density at radius 2 is 1.29 bits per heavy atom.